The fraction of sp³-hybridized carbons (Fsp3) is 0.600. The molecule has 1 atom stereocenters. The van der Waals surface area contributed by atoms with Crippen molar-refractivity contribution in [1.29, 1.82) is 0 Å². The number of benzene rings is 1. The van der Waals surface area contributed by atoms with Gasteiger partial charge in [0.1, 0.15) is 5.75 Å². The molecular weight excluding hydrogens is 210 g/mol. The summed E-state index contributed by atoms with van der Waals surface area (Å²) in [6.45, 7) is 5.97. The van der Waals surface area contributed by atoms with Gasteiger partial charge in [0.15, 0.2) is 0 Å². The summed E-state index contributed by atoms with van der Waals surface area (Å²) in [4.78, 5) is 0. The van der Waals surface area contributed by atoms with Gasteiger partial charge in [0.25, 0.3) is 0 Å². The average molecular weight is 233 g/mol. The summed E-state index contributed by atoms with van der Waals surface area (Å²) < 4.78 is 5.63. The lowest BCUT2D eigenvalue weighted by molar-refractivity contribution is 0.239. The van der Waals surface area contributed by atoms with Crippen molar-refractivity contribution in [3.05, 3.63) is 29.8 Å². The monoisotopic (exact) mass is 233 g/mol. The Balaban J connectivity index is 1.88. The van der Waals surface area contributed by atoms with Gasteiger partial charge in [-0.3, -0.25) is 0 Å². The van der Waals surface area contributed by atoms with Crippen LogP contribution in [0.15, 0.2) is 24.3 Å². The number of rotatable bonds is 6. The molecule has 0 bridgehead atoms. The van der Waals surface area contributed by atoms with Gasteiger partial charge in [-0.25, -0.2) is 0 Å². The van der Waals surface area contributed by atoms with Crippen LogP contribution in [0.1, 0.15) is 38.7 Å². The first-order valence-electron chi connectivity index (χ1n) is 6.75. The highest BCUT2D eigenvalue weighted by molar-refractivity contribution is 5.33. The first-order valence-corrected chi connectivity index (χ1v) is 6.75. The van der Waals surface area contributed by atoms with Crippen LogP contribution < -0.4 is 10.1 Å². The van der Waals surface area contributed by atoms with Crippen LogP contribution in [0.2, 0.25) is 0 Å². The predicted molar refractivity (Wildman–Crippen MR) is 71.3 cm³/mol. The molecule has 0 amide bonds. The van der Waals surface area contributed by atoms with Crippen molar-refractivity contribution in [2.24, 2.45) is 5.92 Å². The minimum atomic E-state index is 0.624. The molecule has 0 saturated heterocycles. The maximum atomic E-state index is 5.63. The largest absolute Gasteiger partial charge is 0.494 e. The summed E-state index contributed by atoms with van der Waals surface area (Å²) in [6, 6.07) is 8.93. The second-order valence-corrected chi connectivity index (χ2v) is 4.90. The topological polar surface area (TPSA) is 21.3 Å². The minimum absolute atomic E-state index is 0.624. The van der Waals surface area contributed by atoms with Gasteiger partial charge < -0.3 is 10.1 Å². The molecule has 0 aromatic heterocycles. The number of hydrogen-bond donors (Lipinski definition) is 1. The molecule has 0 heterocycles. The van der Waals surface area contributed by atoms with Crippen molar-refractivity contribution in [1.82, 2.24) is 5.32 Å². The van der Waals surface area contributed by atoms with Gasteiger partial charge >= 0.3 is 0 Å². The van der Waals surface area contributed by atoms with Crippen LogP contribution in [0.5, 0.6) is 5.75 Å². The van der Waals surface area contributed by atoms with E-state index in [9.17, 15) is 0 Å². The van der Waals surface area contributed by atoms with Crippen molar-refractivity contribution in [2.75, 3.05) is 6.61 Å². The highest BCUT2D eigenvalue weighted by Crippen LogP contribution is 2.29. The lowest BCUT2D eigenvalue weighted by atomic mass is 9.80. The molecular formula is C15H23NO. The van der Waals surface area contributed by atoms with Crippen molar-refractivity contribution < 1.29 is 4.74 Å². The minimum Gasteiger partial charge on any atom is -0.494 e. The zero-order chi connectivity index (χ0) is 12.1. The third-order valence-corrected chi connectivity index (χ3v) is 3.74. The van der Waals surface area contributed by atoms with Crippen molar-refractivity contribution in [3.8, 4) is 5.75 Å². The molecule has 1 aliphatic rings. The normalized spacial score (nSPS) is 17.5. The van der Waals surface area contributed by atoms with E-state index in [1.54, 1.807) is 0 Å². The standard InChI is InChI=1S/C15H23NO/c1-3-17-15-10-5-4-7-14(15)11-16-12(2)13-8-6-9-13/h4-5,7,10,12-13,16H,3,6,8-9,11H2,1-2H3. The molecule has 2 rings (SSSR count). The molecule has 0 radical (unpaired) electrons. The van der Waals surface area contributed by atoms with Crippen LogP contribution in [0.25, 0.3) is 0 Å². The van der Waals surface area contributed by atoms with Gasteiger partial charge in [0.05, 0.1) is 6.61 Å². The molecule has 2 nitrogen and oxygen atoms in total. The maximum Gasteiger partial charge on any atom is 0.123 e. The van der Waals surface area contributed by atoms with E-state index in [1.807, 2.05) is 13.0 Å². The third-order valence-electron chi connectivity index (χ3n) is 3.74. The Morgan fingerprint density at radius 2 is 2.12 bits per heavy atom. The number of nitrogens with one attached hydrogen (secondary N) is 1. The lowest BCUT2D eigenvalue weighted by Crippen LogP contribution is -2.36. The molecule has 1 fully saturated rings. The maximum absolute atomic E-state index is 5.63. The highest BCUT2D eigenvalue weighted by atomic mass is 16.5. The first-order chi connectivity index (χ1) is 8.31. The third kappa shape index (κ3) is 3.22. The van der Waals surface area contributed by atoms with Crippen LogP contribution in [0.4, 0.5) is 0 Å². The Labute approximate surface area is 104 Å². The molecule has 0 aliphatic heterocycles. The molecule has 0 spiro atoms. The summed E-state index contributed by atoms with van der Waals surface area (Å²) in [5, 5.41) is 3.62. The Morgan fingerprint density at radius 3 is 2.76 bits per heavy atom. The fourth-order valence-corrected chi connectivity index (χ4v) is 2.32. The van der Waals surface area contributed by atoms with Gasteiger partial charge in [-0.1, -0.05) is 24.6 Å². The number of ether oxygens (including phenoxy) is 1. The molecule has 17 heavy (non-hydrogen) atoms. The molecule has 1 aromatic rings. The summed E-state index contributed by atoms with van der Waals surface area (Å²) in [7, 11) is 0. The van der Waals surface area contributed by atoms with E-state index in [4.69, 9.17) is 4.74 Å². The fourth-order valence-electron chi connectivity index (χ4n) is 2.32. The van der Waals surface area contributed by atoms with Crippen LogP contribution in [-0.2, 0) is 6.54 Å². The van der Waals surface area contributed by atoms with E-state index in [2.05, 4.69) is 30.4 Å². The second-order valence-electron chi connectivity index (χ2n) is 4.90. The van der Waals surface area contributed by atoms with E-state index in [0.29, 0.717) is 6.04 Å². The van der Waals surface area contributed by atoms with Gasteiger partial charge in [-0.15, -0.1) is 0 Å². The van der Waals surface area contributed by atoms with Gasteiger partial charge in [-0.2, -0.15) is 0 Å². The van der Waals surface area contributed by atoms with E-state index in [-0.39, 0.29) is 0 Å². The Bertz CT molecular complexity index is 347. The van der Waals surface area contributed by atoms with Crippen LogP contribution in [-0.4, -0.2) is 12.6 Å². The van der Waals surface area contributed by atoms with Crippen LogP contribution in [0.3, 0.4) is 0 Å². The summed E-state index contributed by atoms with van der Waals surface area (Å²) in [6.07, 6.45) is 4.19. The zero-order valence-electron chi connectivity index (χ0n) is 10.9. The van der Waals surface area contributed by atoms with Crippen molar-refractivity contribution in [3.63, 3.8) is 0 Å². The van der Waals surface area contributed by atoms with E-state index in [0.717, 1.165) is 24.8 Å². The molecule has 1 aromatic carbocycles. The van der Waals surface area contributed by atoms with Gasteiger partial charge in [-0.05, 0) is 38.7 Å². The Kier molecular flexibility index (Phi) is 4.43. The Hall–Kier alpha value is -1.02. The quantitative estimate of drug-likeness (QED) is 0.813. The van der Waals surface area contributed by atoms with Gasteiger partial charge in [0.2, 0.25) is 0 Å². The lowest BCUT2D eigenvalue weighted by Gasteiger charge is -2.32. The smallest absolute Gasteiger partial charge is 0.123 e. The number of para-hydroxylation sites is 1. The van der Waals surface area contributed by atoms with Crippen LogP contribution in [0, 0.1) is 5.92 Å². The first kappa shape index (κ1) is 12.4. The highest BCUT2D eigenvalue weighted by Gasteiger charge is 2.23. The summed E-state index contributed by atoms with van der Waals surface area (Å²) in [5.41, 5.74) is 1.26. The molecule has 1 aliphatic carbocycles. The SMILES string of the molecule is CCOc1ccccc1CNC(C)C1CCC1. The van der Waals surface area contributed by atoms with E-state index >= 15 is 0 Å². The van der Waals surface area contributed by atoms with E-state index in [1.165, 1.54) is 24.8 Å². The molecule has 1 N–H and O–H groups in total. The zero-order valence-corrected chi connectivity index (χ0v) is 10.9. The average Bonchev–Trinajstić information content (AvgIpc) is 2.26. The molecule has 1 unspecified atom stereocenters. The molecule has 2 heteroatoms. The van der Waals surface area contributed by atoms with E-state index < -0.39 is 0 Å². The predicted octanol–water partition coefficient (Wildman–Crippen LogP) is 3.36. The Morgan fingerprint density at radius 1 is 1.35 bits per heavy atom. The second kappa shape index (κ2) is 6.06. The van der Waals surface area contributed by atoms with Crippen molar-refractivity contribution >= 4 is 0 Å². The summed E-state index contributed by atoms with van der Waals surface area (Å²) in [5.74, 6) is 1.90. The number of hydrogen-bond acceptors (Lipinski definition) is 2. The van der Waals surface area contributed by atoms with Crippen LogP contribution >= 0.6 is 0 Å². The summed E-state index contributed by atoms with van der Waals surface area (Å²) >= 11 is 0. The molecule has 94 valence electrons. The van der Waals surface area contributed by atoms with Crippen molar-refractivity contribution in [2.45, 2.75) is 45.7 Å². The van der Waals surface area contributed by atoms with Gasteiger partial charge in [0, 0.05) is 18.2 Å². The molecule has 1 saturated carbocycles.